The molecular weight excluding hydrogens is 208 g/mol. The van der Waals surface area contributed by atoms with Gasteiger partial charge >= 0.3 is 5.69 Å². The fourth-order valence-corrected chi connectivity index (χ4v) is 1.26. The van der Waals surface area contributed by atoms with Crippen molar-refractivity contribution in [2.45, 2.75) is 0 Å². The number of anilines is 2. The summed E-state index contributed by atoms with van der Waals surface area (Å²) in [5.74, 6) is 1.04. The average Bonchev–Trinajstić information content (AvgIpc) is 2.30. The van der Waals surface area contributed by atoms with Crippen molar-refractivity contribution in [2.24, 2.45) is 0 Å². The van der Waals surface area contributed by atoms with Gasteiger partial charge in [-0.3, -0.25) is 0 Å². The Morgan fingerprint density at radius 1 is 1.38 bits per heavy atom. The summed E-state index contributed by atoms with van der Waals surface area (Å²) in [7, 11) is 1.57. The van der Waals surface area contributed by atoms with Gasteiger partial charge in [-0.05, 0) is 12.1 Å². The number of nitrogens with zero attached hydrogens (tertiary/aromatic N) is 2. The Bertz CT molecular complexity index is 538. The topological polar surface area (TPSA) is 79.9 Å². The SMILES string of the molecule is COc1ccccc1Nc1cn[nH]c(=O)n1. The van der Waals surface area contributed by atoms with Crippen LogP contribution in [0.25, 0.3) is 0 Å². The molecule has 2 aromatic rings. The Morgan fingerprint density at radius 3 is 2.94 bits per heavy atom. The number of nitrogens with one attached hydrogen (secondary N) is 2. The van der Waals surface area contributed by atoms with Crippen molar-refractivity contribution in [2.75, 3.05) is 12.4 Å². The van der Waals surface area contributed by atoms with Crippen molar-refractivity contribution in [1.82, 2.24) is 15.2 Å². The first kappa shape index (κ1) is 10.2. The molecule has 2 N–H and O–H groups in total. The van der Waals surface area contributed by atoms with E-state index in [4.69, 9.17) is 4.74 Å². The van der Waals surface area contributed by atoms with Crippen molar-refractivity contribution >= 4 is 11.5 Å². The van der Waals surface area contributed by atoms with Gasteiger partial charge in [0.15, 0.2) is 5.82 Å². The second-order valence-corrected chi connectivity index (χ2v) is 3.00. The van der Waals surface area contributed by atoms with E-state index in [9.17, 15) is 4.79 Å². The molecule has 2 rings (SSSR count). The van der Waals surface area contributed by atoms with Gasteiger partial charge in [-0.25, -0.2) is 9.89 Å². The number of aromatic amines is 1. The molecule has 0 aliphatic rings. The van der Waals surface area contributed by atoms with E-state index in [-0.39, 0.29) is 0 Å². The Hall–Kier alpha value is -2.37. The number of benzene rings is 1. The van der Waals surface area contributed by atoms with Crippen LogP contribution in [0.4, 0.5) is 11.5 Å². The largest absolute Gasteiger partial charge is 0.495 e. The quantitative estimate of drug-likeness (QED) is 0.800. The molecule has 1 heterocycles. The van der Waals surface area contributed by atoms with Crippen molar-refractivity contribution < 1.29 is 4.74 Å². The molecule has 16 heavy (non-hydrogen) atoms. The van der Waals surface area contributed by atoms with Crippen LogP contribution in [0, 0.1) is 0 Å². The van der Waals surface area contributed by atoms with Gasteiger partial charge in [-0.1, -0.05) is 12.1 Å². The van der Waals surface area contributed by atoms with E-state index in [0.29, 0.717) is 11.6 Å². The highest BCUT2D eigenvalue weighted by Gasteiger charge is 2.02. The molecule has 0 spiro atoms. The van der Waals surface area contributed by atoms with Crippen LogP contribution < -0.4 is 15.7 Å². The first-order chi connectivity index (χ1) is 7.79. The number of H-pyrrole nitrogens is 1. The summed E-state index contributed by atoms with van der Waals surface area (Å²) >= 11 is 0. The van der Waals surface area contributed by atoms with Crippen molar-refractivity contribution in [3.63, 3.8) is 0 Å². The fraction of sp³-hybridized carbons (Fsp3) is 0.100. The number of ether oxygens (including phenoxy) is 1. The zero-order valence-electron chi connectivity index (χ0n) is 8.60. The third kappa shape index (κ3) is 2.17. The first-order valence-corrected chi connectivity index (χ1v) is 4.61. The minimum atomic E-state index is -0.500. The van der Waals surface area contributed by atoms with Gasteiger partial charge in [-0.2, -0.15) is 10.1 Å². The summed E-state index contributed by atoms with van der Waals surface area (Å²) in [4.78, 5) is 14.6. The molecule has 0 saturated heterocycles. The second-order valence-electron chi connectivity index (χ2n) is 3.00. The first-order valence-electron chi connectivity index (χ1n) is 4.61. The van der Waals surface area contributed by atoms with Gasteiger partial charge in [0.05, 0.1) is 19.0 Å². The highest BCUT2D eigenvalue weighted by Crippen LogP contribution is 2.25. The molecule has 0 bridgehead atoms. The summed E-state index contributed by atoms with van der Waals surface area (Å²) in [6.07, 6.45) is 1.42. The lowest BCUT2D eigenvalue weighted by Crippen LogP contribution is -2.13. The molecule has 0 saturated carbocycles. The standard InChI is InChI=1S/C10H10N4O2/c1-16-8-5-3-2-4-7(8)12-9-6-11-14-10(15)13-9/h2-6H,1H3,(H2,12,13,14,15). The van der Waals surface area contributed by atoms with Gasteiger partial charge < -0.3 is 10.1 Å². The molecule has 0 radical (unpaired) electrons. The molecular formula is C10H10N4O2. The lowest BCUT2D eigenvalue weighted by atomic mass is 10.3. The Balaban J connectivity index is 2.30. The van der Waals surface area contributed by atoms with Gasteiger partial charge in [-0.15, -0.1) is 0 Å². The average molecular weight is 218 g/mol. The Kier molecular flexibility index (Phi) is 2.81. The van der Waals surface area contributed by atoms with E-state index >= 15 is 0 Å². The molecule has 6 heteroatoms. The van der Waals surface area contributed by atoms with Crippen LogP contribution in [0.15, 0.2) is 35.3 Å². The van der Waals surface area contributed by atoms with E-state index in [1.807, 2.05) is 24.3 Å². The lowest BCUT2D eigenvalue weighted by Gasteiger charge is -2.08. The molecule has 0 aliphatic heterocycles. The Labute approximate surface area is 91.3 Å². The smallest absolute Gasteiger partial charge is 0.363 e. The molecule has 0 atom stereocenters. The summed E-state index contributed by atoms with van der Waals surface area (Å²) < 4.78 is 5.15. The second kappa shape index (κ2) is 4.43. The molecule has 0 aliphatic carbocycles. The summed E-state index contributed by atoms with van der Waals surface area (Å²) in [6.45, 7) is 0. The Morgan fingerprint density at radius 2 is 2.19 bits per heavy atom. The van der Waals surface area contributed by atoms with Crippen molar-refractivity contribution in [3.05, 3.63) is 40.9 Å². The summed E-state index contributed by atoms with van der Waals surface area (Å²) in [5.41, 5.74) is 0.227. The van der Waals surface area contributed by atoms with E-state index < -0.39 is 5.69 Å². The highest BCUT2D eigenvalue weighted by atomic mass is 16.5. The molecule has 0 amide bonds. The summed E-state index contributed by atoms with van der Waals surface area (Å²) in [5, 5.41) is 8.78. The summed E-state index contributed by atoms with van der Waals surface area (Å²) in [6, 6.07) is 7.34. The minimum absolute atomic E-state index is 0.369. The number of methoxy groups -OCH3 is 1. The lowest BCUT2D eigenvalue weighted by molar-refractivity contribution is 0.417. The molecule has 0 fully saturated rings. The number of rotatable bonds is 3. The molecule has 1 aromatic heterocycles. The minimum Gasteiger partial charge on any atom is -0.495 e. The van der Waals surface area contributed by atoms with Crippen LogP contribution in [0.2, 0.25) is 0 Å². The molecule has 82 valence electrons. The molecule has 1 aromatic carbocycles. The van der Waals surface area contributed by atoms with Crippen LogP contribution in [0.1, 0.15) is 0 Å². The van der Waals surface area contributed by atoms with Crippen molar-refractivity contribution in [1.29, 1.82) is 0 Å². The maximum atomic E-state index is 10.9. The van der Waals surface area contributed by atoms with E-state index in [2.05, 4.69) is 20.5 Å². The van der Waals surface area contributed by atoms with Gasteiger partial charge in [0.1, 0.15) is 5.75 Å². The van der Waals surface area contributed by atoms with Crippen LogP contribution in [-0.4, -0.2) is 22.3 Å². The van der Waals surface area contributed by atoms with Gasteiger partial charge in [0.25, 0.3) is 0 Å². The van der Waals surface area contributed by atoms with E-state index in [1.165, 1.54) is 6.20 Å². The predicted octanol–water partition coefficient (Wildman–Crippen LogP) is 0.917. The third-order valence-electron chi connectivity index (χ3n) is 1.94. The predicted molar refractivity (Wildman–Crippen MR) is 58.9 cm³/mol. The van der Waals surface area contributed by atoms with Crippen molar-refractivity contribution in [3.8, 4) is 5.75 Å². The highest BCUT2D eigenvalue weighted by molar-refractivity contribution is 5.63. The zero-order chi connectivity index (χ0) is 11.4. The van der Waals surface area contributed by atoms with Crippen LogP contribution in [0.5, 0.6) is 5.75 Å². The number of hydrogen-bond donors (Lipinski definition) is 2. The van der Waals surface area contributed by atoms with Gasteiger partial charge in [0.2, 0.25) is 0 Å². The normalized spacial score (nSPS) is 9.81. The van der Waals surface area contributed by atoms with E-state index in [0.717, 1.165) is 5.69 Å². The maximum Gasteiger partial charge on any atom is 0.363 e. The van der Waals surface area contributed by atoms with Crippen LogP contribution >= 0.6 is 0 Å². The maximum absolute atomic E-state index is 10.9. The monoisotopic (exact) mass is 218 g/mol. The van der Waals surface area contributed by atoms with Gasteiger partial charge in [0, 0.05) is 0 Å². The third-order valence-corrected chi connectivity index (χ3v) is 1.94. The zero-order valence-corrected chi connectivity index (χ0v) is 8.60. The number of aromatic nitrogens is 3. The molecule has 6 nitrogen and oxygen atoms in total. The number of para-hydroxylation sites is 2. The van der Waals surface area contributed by atoms with Crippen LogP contribution in [-0.2, 0) is 0 Å². The van der Waals surface area contributed by atoms with E-state index in [1.54, 1.807) is 7.11 Å². The van der Waals surface area contributed by atoms with Crippen LogP contribution in [0.3, 0.4) is 0 Å². The number of hydrogen-bond acceptors (Lipinski definition) is 5. The fourth-order valence-electron chi connectivity index (χ4n) is 1.26. The molecule has 0 unspecified atom stereocenters.